The number of piperidine rings is 1. The molecule has 1 saturated heterocycles. The average molecular weight is 528 g/mol. The molecule has 2 aromatic carbocycles. The molecule has 0 radical (unpaired) electrons. The molecule has 4 heterocycles. The van der Waals surface area contributed by atoms with E-state index in [1.54, 1.807) is 11.3 Å². The highest BCUT2D eigenvalue weighted by molar-refractivity contribution is 7.13. The smallest absolute Gasteiger partial charge is 0.241 e. The van der Waals surface area contributed by atoms with Gasteiger partial charge in [0, 0.05) is 32.1 Å². The second-order valence-corrected chi connectivity index (χ2v) is 11.3. The first-order valence-electron chi connectivity index (χ1n) is 13.4. The van der Waals surface area contributed by atoms with Crippen molar-refractivity contribution in [3.63, 3.8) is 0 Å². The third-order valence-corrected chi connectivity index (χ3v) is 8.47. The number of hydrogen-bond donors (Lipinski definition) is 1. The highest BCUT2D eigenvalue weighted by atomic mass is 32.1. The van der Waals surface area contributed by atoms with Gasteiger partial charge in [0.25, 0.3) is 0 Å². The number of carbonyl (C=O) groups excluding carboxylic acids is 1. The highest BCUT2D eigenvalue weighted by Crippen LogP contribution is 2.24. The Balaban J connectivity index is 0.952. The molecule has 4 aromatic rings. The molecule has 2 aliphatic heterocycles. The first kappa shape index (κ1) is 25.0. The number of likely N-dealkylation sites (tertiary alicyclic amines) is 1. The fourth-order valence-electron chi connectivity index (χ4n) is 5.49. The standard InChI is InChI=1S/C30H33N5O2S/c36-30(25-11-13-34(14-12-25)21-28-32-29(33-37-28)27-9-4-16-38-27)31-18-22-5-3-6-23(17-22)19-35-15-10-24-7-1-2-8-26(24)20-35/h1-9,16-17,25H,10-15,18-21H2,(H,31,36). The molecule has 2 aromatic heterocycles. The largest absolute Gasteiger partial charge is 0.352 e. The van der Waals surface area contributed by atoms with Gasteiger partial charge in [-0.05, 0) is 66.1 Å². The van der Waals surface area contributed by atoms with E-state index in [-0.39, 0.29) is 11.8 Å². The Morgan fingerprint density at radius 3 is 2.63 bits per heavy atom. The lowest BCUT2D eigenvalue weighted by Crippen LogP contribution is -2.40. The summed E-state index contributed by atoms with van der Waals surface area (Å²) >= 11 is 1.60. The monoisotopic (exact) mass is 527 g/mol. The Bertz CT molecular complexity index is 1360. The molecule has 0 spiro atoms. The Kier molecular flexibility index (Phi) is 7.62. The highest BCUT2D eigenvalue weighted by Gasteiger charge is 2.26. The summed E-state index contributed by atoms with van der Waals surface area (Å²) in [5, 5.41) is 9.29. The van der Waals surface area contributed by atoms with Crippen LogP contribution in [0.4, 0.5) is 0 Å². The molecule has 1 N–H and O–H groups in total. The lowest BCUT2D eigenvalue weighted by Gasteiger charge is -2.30. The number of thiophene rings is 1. The SMILES string of the molecule is O=C(NCc1cccc(CN2CCc3ccccc3C2)c1)C1CCN(Cc2nc(-c3cccs3)no2)CC1. The van der Waals surface area contributed by atoms with Gasteiger partial charge in [0.2, 0.25) is 17.6 Å². The number of hydrogen-bond acceptors (Lipinski definition) is 7. The summed E-state index contributed by atoms with van der Waals surface area (Å²) in [7, 11) is 0. The minimum absolute atomic E-state index is 0.0483. The average Bonchev–Trinajstić information content (AvgIpc) is 3.65. The molecule has 6 rings (SSSR count). The summed E-state index contributed by atoms with van der Waals surface area (Å²) in [6.07, 6.45) is 2.79. The summed E-state index contributed by atoms with van der Waals surface area (Å²) < 4.78 is 5.45. The number of nitrogens with one attached hydrogen (secondary N) is 1. The molecular formula is C30H33N5O2S. The molecule has 1 fully saturated rings. The van der Waals surface area contributed by atoms with E-state index in [4.69, 9.17) is 4.52 Å². The van der Waals surface area contributed by atoms with E-state index < -0.39 is 0 Å². The maximum absolute atomic E-state index is 12.9. The molecule has 38 heavy (non-hydrogen) atoms. The van der Waals surface area contributed by atoms with E-state index in [1.165, 1.54) is 16.7 Å². The van der Waals surface area contributed by atoms with Crippen LogP contribution in [0.15, 0.2) is 70.6 Å². The Morgan fingerprint density at radius 2 is 1.79 bits per heavy atom. The van der Waals surface area contributed by atoms with E-state index in [0.717, 1.165) is 62.4 Å². The predicted molar refractivity (Wildman–Crippen MR) is 148 cm³/mol. The maximum Gasteiger partial charge on any atom is 0.241 e. The number of nitrogens with zero attached hydrogens (tertiary/aromatic N) is 4. The van der Waals surface area contributed by atoms with Crippen molar-refractivity contribution in [3.05, 3.63) is 94.2 Å². The van der Waals surface area contributed by atoms with Crippen LogP contribution in [0.25, 0.3) is 10.7 Å². The number of fused-ring (bicyclic) bond motifs is 1. The van der Waals surface area contributed by atoms with Crippen molar-refractivity contribution in [1.29, 1.82) is 0 Å². The van der Waals surface area contributed by atoms with Gasteiger partial charge in [0.1, 0.15) is 0 Å². The van der Waals surface area contributed by atoms with Crippen LogP contribution in [-0.2, 0) is 37.4 Å². The quantitative estimate of drug-likeness (QED) is 0.352. The van der Waals surface area contributed by atoms with Gasteiger partial charge in [-0.2, -0.15) is 4.98 Å². The van der Waals surface area contributed by atoms with E-state index >= 15 is 0 Å². The zero-order valence-electron chi connectivity index (χ0n) is 21.5. The molecule has 196 valence electrons. The maximum atomic E-state index is 12.9. The molecule has 8 heteroatoms. The fourth-order valence-corrected chi connectivity index (χ4v) is 6.14. The molecule has 2 aliphatic rings. The van der Waals surface area contributed by atoms with E-state index in [2.05, 4.69) is 73.8 Å². The first-order valence-corrected chi connectivity index (χ1v) is 14.3. The third kappa shape index (κ3) is 6.04. The molecule has 1 amide bonds. The lowest BCUT2D eigenvalue weighted by atomic mass is 9.95. The van der Waals surface area contributed by atoms with E-state index in [9.17, 15) is 4.79 Å². The van der Waals surface area contributed by atoms with Gasteiger partial charge in [0.15, 0.2) is 0 Å². The van der Waals surface area contributed by atoms with Gasteiger partial charge in [-0.1, -0.05) is 59.8 Å². The van der Waals surface area contributed by atoms with Gasteiger partial charge >= 0.3 is 0 Å². The minimum atomic E-state index is 0.0483. The molecular weight excluding hydrogens is 494 g/mol. The Hall–Kier alpha value is -3.33. The second-order valence-electron chi connectivity index (χ2n) is 10.3. The van der Waals surface area contributed by atoms with Gasteiger partial charge in [-0.15, -0.1) is 11.3 Å². The number of carbonyl (C=O) groups is 1. The molecule has 0 unspecified atom stereocenters. The number of aromatic nitrogens is 2. The van der Waals surface area contributed by atoms with Crippen LogP contribution in [0.5, 0.6) is 0 Å². The molecule has 0 saturated carbocycles. The number of amides is 1. The summed E-state index contributed by atoms with van der Waals surface area (Å²) in [5.74, 6) is 1.48. The van der Waals surface area contributed by atoms with Crippen molar-refractivity contribution in [1.82, 2.24) is 25.3 Å². The van der Waals surface area contributed by atoms with Crippen LogP contribution >= 0.6 is 11.3 Å². The van der Waals surface area contributed by atoms with Crippen molar-refractivity contribution < 1.29 is 9.32 Å². The van der Waals surface area contributed by atoms with Crippen LogP contribution in [0.3, 0.4) is 0 Å². The predicted octanol–water partition coefficient (Wildman–Crippen LogP) is 4.88. The van der Waals surface area contributed by atoms with Crippen LogP contribution in [0, 0.1) is 5.92 Å². The van der Waals surface area contributed by atoms with Crippen LogP contribution in [-0.4, -0.2) is 45.5 Å². The summed E-state index contributed by atoms with van der Waals surface area (Å²) in [5.41, 5.74) is 5.37. The second kappa shape index (κ2) is 11.6. The zero-order valence-corrected chi connectivity index (χ0v) is 22.3. The zero-order chi connectivity index (χ0) is 25.7. The van der Waals surface area contributed by atoms with Crippen molar-refractivity contribution in [2.45, 2.75) is 45.4 Å². The van der Waals surface area contributed by atoms with Gasteiger partial charge < -0.3 is 9.84 Å². The van der Waals surface area contributed by atoms with Crippen LogP contribution in [0.1, 0.15) is 41.0 Å². The topological polar surface area (TPSA) is 74.5 Å². The summed E-state index contributed by atoms with van der Waals surface area (Å²) in [6, 6.07) is 21.4. The number of rotatable bonds is 8. The summed E-state index contributed by atoms with van der Waals surface area (Å²) in [6.45, 7) is 5.92. The molecule has 0 atom stereocenters. The minimum Gasteiger partial charge on any atom is -0.352 e. The van der Waals surface area contributed by atoms with Gasteiger partial charge in [0.05, 0.1) is 11.4 Å². The Labute approximate surface area is 227 Å². The number of benzene rings is 2. The van der Waals surface area contributed by atoms with Gasteiger partial charge in [-0.25, -0.2) is 0 Å². The van der Waals surface area contributed by atoms with Crippen molar-refractivity contribution >= 4 is 17.2 Å². The van der Waals surface area contributed by atoms with E-state index in [1.807, 2.05) is 17.5 Å². The molecule has 0 bridgehead atoms. The Morgan fingerprint density at radius 1 is 0.947 bits per heavy atom. The third-order valence-electron chi connectivity index (χ3n) is 7.60. The molecule has 7 nitrogen and oxygen atoms in total. The van der Waals surface area contributed by atoms with Crippen molar-refractivity contribution in [2.75, 3.05) is 19.6 Å². The first-order chi connectivity index (χ1) is 18.7. The lowest BCUT2D eigenvalue weighted by molar-refractivity contribution is -0.126. The van der Waals surface area contributed by atoms with Crippen LogP contribution in [0.2, 0.25) is 0 Å². The fraction of sp³-hybridized carbons (Fsp3) is 0.367. The normalized spacial score (nSPS) is 16.8. The molecule has 0 aliphatic carbocycles. The van der Waals surface area contributed by atoms with E-state index in [0.29, 0.717) is 24.8 Å². The van der Waals surface area contributed by atoms with Crippen molar-refractivity contribution in [2.24, 2.45) is 5.92 Å². The summed E-state index contributed by atoms with van der Waals surface area (Å²) in [4.78, 5) is 23.2. The van der Waals surface area contributed by atoms with Crippen molar-refractivity contribution in [3.8, 4) is 10.7 Å². The van der Waals surface area contributed by atoms with Crippen LogP contribution < -0.4 is 5.32 Å². The van der Waals surface area contributed by atoms with Gasteiger partial charge in [-0.3, -0.25) is 14.6 Å².